The Bertz CT molecular complexity index is 1140. The summed E-state index contributed by atoms with van der Waals surface area (Å²) >= 11 is 0. The molecule has 32 heavy (non-hydrogen) atoms. The van der Waals surface area contributed by atoms with Gasteiger partial charge in [0.25, 0.3) is 0 Å². The smallest absolute Gasteiger partial charge is 0.119 e. The zero-order chi connectivity index (χ0) is 22.8. The number of rotatable bonds is 8. The van der Waals surface area contributed by atoms with Gasteiger partial charge in [-0.1, -0.05) is 48.5 Å². The van der Waals surface area contributed by atoms with Crippen molar-refractivity contribution < 1.29 is 14.3 Å². The molecule has 0 aliphatic heterocycles. The maximum absolute atomic E-state index is 5.59. The van der Waals surface area contributed by atoms with Gasteiger partial charge in [-0.15, -0.1) is 0 Å². The molecule has 0 aliphatic rings. The van der Waals surface area contributed by atoms with E-state index in [1.54, 1.807) is 7.11 Å². The van der Waals surface area contributed by atoms with Gasteiger partial charge >= 0.3 is 0 Å². The van der Waals surface area contributed by atoms with Crippen molar-refractivity contribution in [3.63, 3.8) is 0 Å². The van der Waals surface area contributed by atoms with Crippen LogP contribution in [0.3, 0.4) is 0 Å². The van der Waals surface area contributed by atoms with Crippen molar-refractivity contribution in [1.29, 1.82) is 0 Å². The van der Waals surface area contributed by atoms with Crippen molar-refractivity contribution >= 4 is 21.5 Å². The first-order valence-corrected chi connectivity index (χ1v) is 11.2. The van der Waals surface area contributed by atoms with Gasteiger partial charge < -0.3 is 14.3 Å². The lowest BCUT2D eigenvalue weighted by Gasteiger charge is -2.08. The molecule has 0 spiro atoms. The average molecular weight is 432 g/mol. The number of nitrogens with two attached hydrogens (primary N) is 1. The molecule has 4 heteroatoms. The van der Waals surface area contributed by atoms with Crippen LogP contribution in [0.5, 0.6) is 11.5 Å². The fourth-order valence-corrected chi connectivity index (χ4v) is 3.74. The van der Waals surface area contributed by atoms with Crippen LogP contribution in [0.25, 0.3) is 21.5 Å². The summed E-state index contributed by atoms with van der Waals surface area (Å²) in [5, 5.41) is 5.01. The number of benzene rings is 4. The highest BCUT2D eigenvalue weighted by Crippen LogP contribution is 2.24. The van der Waals surface area contributed by atoms with Gasteiger partial charge in [0.15, 0.2) is 0 Å². The molecule has 2 N–H and O–H groups in total. The van der Waals surface area contributed by atoms with E-state index >= 15 is 0 Å². The normalized spacial score (nSPS) is 10.6. The van der Waals surface area contributed by atoms with Crippen molar-refractivity contribution in [3.05, 3.63) is 83.9 Å². The monoisotopic (exact) mass is 431 g/mol. The third-order valence-corrected chi connectivity index (χ3v) is 5.40. The number of fused-ring (bicyclic) bond motifs is 2. The van der Waals surface area contributed by atoms with E-state index in [4.69, 9.17) is 9.47 Å². The predicted molar refractivity (Wildman–Crippen MR) is 133 cm³/mol. The molecule has 168 valence electrons. The molecule has 0 aromatic heterocycles. The Morgan fingerprint density at radius 1 is 0.625 bits per heavy atom. The number of aryl methyl sites for hydroxylation is 2. The topological polar surface area (TPSA) is 53.7 Å². The molecule has 4 aromatic rings. The van der Waals surface area contributed by atoms with E-state index < -0.39 is 0 Å². The first-order valence-electron chi connectivity index (χ1n) is 11.2. The second-order valence-electron chi connectivity index (χ2n) is 7.63. The minimum absolute atomic E-state index is 0.597. The summed E-state index contributed by atoms with van der Waals surface area (Å²) in [5.74, 6) is 6.38. The van der Waals surface area contributed by atoms with Crippen LogP contribution in [0.2, 0.25) is 0 Å². The predicted octanol–water partition coefficient (Wildman–Crippen LogP) is 6.47. The van der Waals surface area contributed by atoms with E-state index in [0.717, 1.165) is 30.8 Å². The van der Waals surface area contributed by atoms with Gasteiger partial charge in [-0.2, -0.15) is 0 Å². The summed E-state index contributed by atoms with van der Waals surface area (Å²) in [6.07, 6.45) is 3.32. The molecule has 0 amide bonds. The van der Waals surface area contributed by atoms with Gasteiger partial charge in [-0.05, 0) is 90.0 Å². The van der Waals surface area contributed by atoms with Crippen molar-refractivity contribution in [2.75, 3.05) is 20.3 Å². The zero-order valence-corrected chi connectivity index (χ0v) is 19.3. The van der Waals surface area contributed by atoms with Crippen LogP contribution in [-0.2, 0) is 17.7 Å². The third kappa shape index (κ3) is 6.46. The van der Waals surface area contributed by atoms with E-state index in [0.29, 0.717) is 13.2 Å². The van der Waals surface area contributed by atoms with Crippen molar-refractivity contribution in [3.8, 4) is 11.5 Å². The summed E-state index contributed by atoms with van der Waals surface area (Å²) in [6, 6.07) is 26.1. The van der Waals surface area contributed by atoms with Crippen LogP contribution in [-0.4, -0.2) is 20.3 Å². The van der Waals surface area contributed by atoms with E-state index in [2.05, 4.69) is 77.5 Å². The van der Waals surface area contributed by atoms with Gasteiger partial charge in [-0.3, -0.25) is 0 Å². The van der Waals surface area contributed by atoms with E-state index in [1.165, 1.54) is 32.7 Å². The molecule has 0 saturated heterocycles. The van der Waals surface area contributed by atoms with Crippen molar-refractivity contribution in [2.24, 2.45) is 5.90 Å². The van der Waals surface area contributed by atoms with E-state index in [-0.39, 0.29) is 0 Å². The second kappa shape index (κ2) is 12.1. The lowest BCUT2D eigenvalue weighted by molar-refractivity contribution is 0.152. The van der Waals surface area contributed by atoms with Crippen LogP contribution in [0, 0.1) is 0 Å². The molecule has 4 aromatic carbocycles. The molecule has 0 heterocycles. The largest absolute Gasteiger partial charge is 0.497 e. The minimum atomic E-state index is 0.597. The van der Waals surface area contributed by atoms with Crippen LogP contribution in [0.1, 0.15) is 31.4 Å². The molecule has 4 nitrogen and oxygen atoms in total. The van der Waals surface area contributed by atoms with Crippen LogP contribution >= 0.6 is 0 Å². The highest BCUT2D eigenvalue weighted by Gasteiger charge is 2.02. The maximum atomic E-state index is 5.59. The van der Waals surface area contributed by atoms with Crippen LogP contribution in [0.15, 0.2) is 72.8 Å². The summed E-state index contributed by atoms with van der Waals surface area (Å²) < 4.78 is 10.9. The Morgan fingerprint density at radius 2 is 1.09 bits per heavy atom. The molecule has 0 atom stereocenters. The third-order valence-electron chi connectivity index (χ3n) is 5.40. The lowest BCUT2D eigenvalue weighted by atomic mass is 9.99. The molecule has 0 bridgehead atoms. The van der Waals surface area contributed by atoms with E-state index in [9.17, 15) is 0 Å². The Kier molecular flexibility index (Phi) is 8.90. The number of hydrogen-bond acceptors (Lipinski definition) is 4. The zero-order valence-electron chi connectivity index (χ0n) is 19.3. The quantitative estimate of drug-likeness (QED) is 0.325. The lowest BCUT2D eigenvalue weighted by Crippen LogP contribution is -1.94. The number of hydrogen-bond donors (Lipinski definition) is 1. The Labute approximate surface area is 190 Å². The molecular weight excluding hydrogens is 398 g/mol. The van der Waals surface area contributed by atoms with Gasteiger partial charge in [0, 0.05) is 0 Å². The standard InChI is InChI=1S/C26H26O2.C2H7NO/c1-3-28-26-14-12-22-16-20(8-10-24(22)18-26)6-4-5-19-7-9-23-17-25(27-2)13-11-21(23)15-19;1-2-4-3/h7-18H,3-6H2,1-2H3;2-3H2,1H3. The van der Waals surface area contributed by atoms with Crippen LogP contribution < -0.4 is 15.4 Å². The summed E-state index contributed by atoms with van der Waals surface area (Å²) in [6.45, 7) is 5.14. The highest BCUT2D eigenvalue weighted by molar-refractivity contribution is 5.85. The molecule has 0 unspecified atom stereocenters. The van der Waals surface area contributed by atoms with Gasteiger partial charge in [0.1, 0.15) is 11.5 Å². The average Bonchev–Trinajstić information content (AvgIpc) is 2.84. The fraction of sp³-hybridized carbons (Fsp3) is 0.286. The minimum Gasteiger partial charge on any atom is -0.497 e. The number of ether oxygens (including phenoxy) is 2. The molecule has 0 radical (unpaired) electrons. The maximum Gasteiger partial charge on any atom is 0.119 e. The first kappa shape index (κ1) is 23.6. The Hall–Kier alpha value is -3.08. The van der Waals surface area contributed by atoms with Gasteiger partial charge in [0.05, 0.1) is 20.3 Å². The molecule has 0 saturated carbocycles. The van der Waals surface area contributed by atoms with Gasteiger partial charge in [-0.25, -0.2) is 5.90 Å². The molecule has 0 fully saturated rings. The molecule has 0 aliphatic carbocycles. The number of methoxy groups -OCH3 is 1. The second-order valence-corrected chi connectivity index (χ2v) is 7.63. The Balaban J connectivity index is 0.000000668. The van der Waals surface area contributed by atoms with Crippen LogP contribution in [0.4, 0.5) is 0 Å². The first-order chi connectivity index (χ1) is 15.7. The van der Waals surface area contributed by atoms with Crippen molar-refractivity contribution in [2.45, 2.75) is 33.1 Å². The SMILES string of the molecule is CCON.CCOc1ccc2cc(CCCc3ccc4cc(OC)ccc4c3)ccc2c1. The van der Waals surface area contributed by atoms with E-state index in [1.807, 2.05) is 19.9 Å². The fourth-order valence-electron chi connectivity index (χ4n) is 3.74. The molecule has 4 rings (SSSR count). The van der Waals surface area contributed by atoms with Crippen molar-refractivity contribution in [1.82, 2.24) is 0 Å². The highest BCUT2D eigenvalue weighted by atomic mass is 16.6. The van der Waals surface area contributed by atoms with Gasteiger partial charge in [0.2, 0.25) is 0 Å². The Morgan fingerprint density at radius 3 is 1.59 bits per heavy atom. The molecular formula is C28H33NO3. The summed E-state index contributed by atoms with van der Waals surface area (Å²) in [4.78, 5) is 4.04. The summed E-state index contributed by atoms with van der Waals surface area (Å²) in [5.41, 5.74) is 2.78. The summed E-state index contributed by atoms with van der Waals surface area (Å²) in [7, 11) is 1.71.